The SMILES string of the molecule is CCCO[C@H]1CCCN(C(=O)c2cccc(-c3nc(C)nc(C)c3CC)c2)C1. The number of likely N-dealkylation sites (tertiary alicyclic amines) is 1. The van der Waals surface area contributed by atoms with Crippen molar-refractivity contribution in [2.24, 2.45) is 0 Å². The minimum atomic E-state index is 0.0761. The summed E-state index contributed by atoms with van der Waals surface area (Å²) in [5.74, 6) is 0.834. The van der Waals surface area contributed by atoms with Gasteiger partial charge in [-0.15, -0.1) is 0 Å². The van der Waals surface area contributed by atoms with Crippen molar-refractivity contribution in [3.05, 3.63) is 46.9 Å². The molecule has 1 aliphatic heterocycles. The van der Waals surface area contributed by atoms with Crippen LogP contribution in [0.25, 0.3) is 11.3 Å². The van der Waals surface area contributed by atoms with Gasteiger partial charge in [0.15, 0.2) is 0 Å². The molecule has 1 aromatic carbocycles. The maximum absolute atomic E-state index is 13.1. The molecule has 1 atom stereocenters. The molecule has 0 N–H and O–H groups in total. The normalized spacial score (nSPS) is 17.0. The van der Waals surface area contributed by atoms with E-state index in [4.69, 9.17) is 4.74 Å². The zero-order valence-electron chi connectivity index (χ0n) is 17.5. The number of benzene rings is 1. The van der Waals surface area contributed by atoms with Crippen molar-refractivity contribution in [2.75, 3.05) is 19.7 Å². The monoisotopic (exact) mass is 381 g/mol. The molecule has 1 fully saturated rings. The number of ether oxygens (including phenoxy) is 1. The Hall–Kier alpha value is -2.27. The molecule has 0 saturated carbocycles. The summed E-state index contributed by atoms with van der Waals surface area (Å²) in [6.07, 6.45) is 4.04. The zero-order chi connectivity index (χ0) is 20.1. The molecule has 0 bridgehead atoms. The number of rotatable bonds is 6. The number of hydrogen-bond donors (Lipinski definition) is 0. The molecule has 5 nitrogen and oxygen atoms in total. The summed E-state index contributed by atoms with van der Waals surface area (Å²) < 4.78 is 5.89. The minimum absolute atomic E-state index is 0.0761. The van der Waals surface area contributed by atoms with Crippen LogP contribution in [0, 0.1) is 13.8 Å². The Labute approximate surface area is 168 Å². The lowest BCUT2D eigenvalue weighted by Crippen LogP contribution is -2.43. The zero-order valence-corrected chi connectivity index (χ0v) is 17.5. The predicted molar refractivity (Wildman–Crippen MR) is 111 cm³/mol. The second-order valence-electron chi connectivity index (χ2n) is 7.50. The third kappa shape index (κ3) is 4.58. The first-order chi connectivity index (χ1) is 13.5. The van der Waals surface area contributed by atoms with Gasteiger partial charge in [0.2, 0.25) is 0 Å². The minimum Gasteiger partial charge on any atom is -0.376 e. The Morgan fingerprint density at radius 3 is 2.82 bits per heavy atom. The highest BCUT2D eigenvalue weighted by Crippen LogP contribution is 2.26. The van der Waals surface area contributed by atoms with Crippen LogP contribution >= 0.6 is 0 Å². The lowest BCUT2D eigenvalue weighted by atomic mass is 9.99. The lowest BCUT2D eigenvalue weighted by molar-refractivity contribution is 0.00211. The second-order valence-corrected chi connectivity index (χ2v) is 7.50. The van der Waals surface area contributed by atoms with E-state index < -0.39 is 0 Å². The van der Waals surface area contributed by atoms with Crippen LogP contribution in [0.3, 0.4) is 0 Å². The molecule has 0 aliphatic carbocycles. The Kier molecular flexibility index (Phi) is 6.79. The Morgan fingerprint density at radius 2 is 2.07 bits per heavy atom. The van der Waals surface area contributed by atoms with Crippen LogP contribution in [-0.4, -0.2) is 46.6 Å². The third-order valence-corrected chi connectivity index (χ3v) is 5.29. The van der Waals surface area contributed by atoms with Crippen LogP contribution in [0.5, 0.6) is 0 Å². The van der Waals surface area contributed by atoms with E-state index in [1.54, 1.807) is 0 Å². The number of hydrogen-bond acceptors (Lipinski definition) is 4. The van der Waals surface area contributed by atoms with Gasteiger partial charge in [0.1, 0.15) is 5.82 Å². The molecule has 0 spiro atoms. The molecule has 0 unspecified atom stereocenters. The van der Waals surface area contributed by atoms with Crippen molar-refractivity contribution in [3.8, 4) is 11.3 Å². The van der Waals surface area contributed by atoms with E-state index in [0.29, 0.717) is 12.1 Å². The highest BCUT2D eigenvalue weighted by molar-refractivity contribution is 5.95. The lowest BCUT2D eigenvalue weighted by Gasteiger charge is -2.32. The Balaban J connectivity index is 1.85. The van der Waals surface area contributed by atoms with E-state index >= 15 is 0 Å². The van der Waals surface area contributed by atoms with Crippen LogP contribution in [0.2, 0.25) is 0 Å². The van der Waals surface area contributed by atoms with E-state index in [1.165, 1.54) is 0 Å². The van der Waals surface area contributed by atoms with Gasteiger partial charge >= 0.3 is 0 Å². The molecule has 1 aliphatic rings. The first-order valence-electron chi connectivity index (χ1n) is 10.4. The first-order valence-corrected chi connectivity index (χ1v) is 10.4. The molecule has 1 aromatic heterocycles. The molecule has 1 saturated heterocycles. The van der Waals surface area contributed by atoms with Crippen molar-refractivity contribution in [2.45, 2.75) is 59.5 Å². The van der Waals surface area contributed by atoms with Gasteiger partial charge in [0.05, 0.1) is 11.8 Å². The van der Waals surface area contributed by atoms with Gasteiger partial charge in [-0.2, -0.15) is 0 Å². The fourth-order valence-electron chi connectivity index (χ4n) is 3.92. The van der Waals surface area contributed by atoms with E-state index in [1.807, 2.05) is 43.0 Å². The largest absolute Gasteiger partial charge is 0.376 e. The quantitative estimate of drug-likeness (QED) is 0.746. The van der Waals surface area contributed by atoms with Crippen molar-refractivity contribution in [1.29, 1.82) is 0 Å². The number of piperidine rings is 1. The van der Waals surface area contributed by atoms with Crippen molar-refractivity contribution >= 4 is 5.91 Å². The molecule has 5 heteroatoms. The summed E-state index contributed by atoms with van der Waals surface area (Å²) >= 11 is 0. The topological polar surface area (TPSA) is 55.3 Å². The summed E-state index contributed by atoms with van der Waals surface area (Å²) in [4.78, 5) is 24.2. The van der Waals surface area contributed by atoms with Gasteiger partial charge in [0, 0.05) is 36.5 Å². The van der Waals surface area contributed by atoms with Gasteiger partial charge in [-0.05, 0) is 57.2 Å². The maximum Gasteiger partial charge on any atom is 0.253 e. The summed E-state index contributed by atoms with van der Waals surface area (Å²) in [6.45, 7) is 10.4. The Morgan fingerprint density at radius 1 is 1.25 bits per heavy atom. The number of nitrogens with zero attached hydrogens (tertiary/aromatic N) is 3. The molecule has 150 valence electrons. The van der Waals surface area contributed by atoms with E-state index in [-0.39, 0.29) is 12.0 Å². The summed E-state index contributed by atoms with van der Waals surface area (Å²) in [7, 11) is 0. The van der Waals surface area contributed by atoms with Crippen LogP contribution in [0.1, 0.15) is 60.5 Å². The van der Waals surface area contributed by atoms with E-state index in [0.717, 1.165) is 67.2 Å². The highest BCUT2D eigenvalue weighted by atomic mass is 16.5. The van der Waals surface area contributed by atoms with Crippen molar-refractivity contribution in [1.82, 2.24) is 14.9 Å². The van der Waals surface area contributed by atoms with Gasteiger partial charge in [-0.3, -0.25) is 4.79 Å². The standard InChI is InChI=1S/C23H31N3O2/c1-5-13-28-20-11-8-12-26(15-20)23(27)19-10-7-9-18(14-19)22-21(6-2)16(3)24-17(4)25-22/h7,9-10,14,20H,5-6,8,11-13,15H2,1-4H3/t20-/m0/s1. The molecule has 0 radical (unpaired) electrons. The van der Waals surface area contributed by atoms with E-state index in [2.05, 4.69) is 23.8 Å². The maximum atomic E-state index is 13.1. The number of aryl methyl sites for hydroxylation is 2. The third-order valence-electron chi connectivity index (χ3n) is 5.29. The van der Waals surface area contributed by atoms with Gasteiger partial charge in [-0.1, -0.05) is 26.0 Å². The van der Waals surface area contributed by atoms with E-state index in [9.17, 15) is 4.79 Å². The van der Waals surface area contributed by atoms with Crippen LogP contribution in [0.15, 0.2) is 24.3 Å². The Bertz CT molecular complexity index is 835. The van der Waals surface area contributed by atoms with Gasteiger partial charge in [0.25, 0.3) is 5.91 Å². The number of aromatic nitrogens is 2. The summed E-state index contributed by atoms with van der Waals surface area (Å²) in [6, 6.07) is 7.85. The molecular weight excluding hydrogens is 350 g/mol. The van der Waals surface area contributed by atoms with Crippen LogP contribution < -0.4 is 0 Å². The number of carbonyl (C=O) groups excluding carboxylic acids is 1. The summed E-state index contributed by atoms with van der Waals surface area (Å²) in [5, 5.41) is 0. The predicted octanol–water partition coefficient (Wildman–Crippen LogP) is 4.35. The highest BCUT2D eigenvalue weighted by Gasteiger charge is 2.25. The smallest absolute Gasteiger partial charge is 0.253 e. The summed E-state index contributed by atoms with van der Waals surface area (Å²) in [5.41, 5.74) is 4.77. The molecular formula is C23H31N3O2. The van der Waals surface area contributed by atoms with Crippen LogP contribution in [-0.2, 0) is 11.2 Å². The van der Waals surface area contributed by atoms with Crippen molar-refractivity contribution in [3.63, 3.8) is 0 Å². The van der Waals surface area contributed by atoms with Gasteiger partial charge in [-0.25, -0.2) is 9.97 Å². The average Bonchev–Trinajstić information content (AvgIpc) is 2.71. The second kappa shape index (κ2) is 9.28. The molecule has 2 aromatic rings. The average molecular weight is 382 g/mol. The fourth-order valence-corrected chi connectivity index (χ4v) is 3.92. The molecule has 2 heterocycles. The van der Waals surface area contributed by atoms with Gasteiger partial charge < -0.3 is 9.64 Å². The number of carbonyl (C=O) groups is 1. The van der Waals surface area contributed by atoms with Crippen molar-refractivity contribution < 1.29 is 9.53 Å². The van der Waals surface area contributed by atoms with Crippen LogP contribution in [0.4, 0.5) is 0 Å². The molecule has 3 rings (SSSR count). The molecule has 28 heavy (non-hydrogen) atoms. The fraction of sp³-hybridized carbons (Fsp3) is 0.522. The number of amides is 1. The first kappa shape index (κ1) is 20.5. The molecule has 1 amide bonds.